The van der Waals surface area contributed by atoms with Gasteiger partial charge in [0.1, 0.15) is 5.56 Å². The lowest BCUT2D eigenvalue weighted by Crippen LogP contribution is -2.43. The van der Waals surface area contributed by atoms with Crippen molar-refractivity contribution in [2.75, 3.05) is 14.2 Å². The minimum absolute atomic E-state index is 0.114. The summed E-state index contributed by atoms with van der Waals surface area (Å²) in [5.41, 5.74) is 6.80. The fourth-order valence-electron chi connectivity index (χ4n) is 3.51. The van der Waals surface area contributed by atoms with Gasteiger partial charge in [0, 0.05) is 16.6 Å². The van der Waals surface area contributed by atoms with E-state index in [-0.39, 0.29) is 5.56 Å². The molecule has 2 aromatic carbocycles. The first-order valence-electron chi connectivity index (χ1n) is 10.3. The molecule has 2 heterocycles. The SMILES string of the molecule is COc1ccc(-c2cc(C(=O)NNC(=O)c3ccc(C)[nH]c3=O)c3ccccc3n2)cc1OC. The molecule has 0 atom stereocenters. The van der Waals surface area contributed by atoms with E-state index in [0.29, 0.717) is 44.9 Å². The first kappa shape index (κ1) is 22.5. The molecule has 0 aliphatic rings. The van der Waals surface area contributed by atoms with Gasteiger partial charge in [0.15, 0.2) is 11.5 Å². The van der Waals surface area contributed by atoms with Crippen LogP contribution in [0.1, 0.15) is 26.4 Å². The van der Waals surface area contributed by atoms with E-state index >= 15 is 0 Å². The number of aryl methyl sites for hydroxylation is 1. The summed E-state index contributed by atoms with van der Waals surface area (Å²) in [7, 11) is 3.09. The number of rotatable bonds is 5. The van der Waals surface area contributed by atoms with Gasteiger partial charge in [-0.05, 0) is 49.4 Å². The minimum Gasteiger partial charge on any atom is -0.493 e. The summed E-state index contributed by atoms with van der Waals surface area (Å²) in [4.78, 5) is 44.7. The number of hydrogen-bond acceptors (Lipinski definition) is 6. The highest BCUT2D eigenvalue weighted by atomic mass is 16.5. The molecule has 9 nitrogen and oxygen atoms in total. The van der Waals surface area contributed by atoms with Crippen LogP contribution in [0.5, 0.6) is 11.5 Å². The van der Waals surface area contributed by atoms with Crippen molar-refractivity contribution in [2.24, 2.45) is 0 Å². The lowest BCUT2D eigenvalue weighted by Gasteiger charge is -2.13. The van der Waals surface area contributed by atoms with Gasteiger partial charge in [-0.15, -0.1) is 0 Å². The summed E-state index contributed by atoms with van der Waals surface area (Å²) in [6.07, 6.45) is 0. The second-order valence-electron chi connectivity index (χ2n) is 7.43. The first-order chi connectivity index (χ1) is 16.4. The molecule has 172 valence electrons. The molecule has 0 aliphatic carbocycles. The monoisotopic (exact) mass is 458 g/mol. The van der Waals surface area contributed by atoms with Crippen molar-refractivity contribution in [1.82, 2.24) is 20.8 Å². The second-order valence-corrected chi connectivity index (χ2v) is 7.43. The predicted octanol–water partition coefficient (Wildman–Crippen LogP) is 2.99. The van der Waals surface area contributed by atoms with Crippen molar-refractivity contribution < 1.29 is 19.1 Å². The largest absolute Gasteiger partial charge is 0.493 e. The number of nitrogens with one attached hydrogen (secondary N) is 3. The number of ether oxygens (including phenoxy) is 2. The first-order valence-corrected chi connectivity index (χ1v) is 10.3. The minimum atomic E-state index is -0.729. The Labute approximate surface area is 194 Å². The van der Waals surface area contributed by atoms with Gasteiger partial charge in [0.05, 0.1) is 31.0 Å². The van der Waals surface area contributed by atoms with E-state index in [9.17, 15) is 14.4 Å². The predicted molar refractivity (Wildman–Crippen MR) is 127 cm³/mol. The van der Waals surface area contributed by atoms with Crippen LogP contribution < -0.4 is 25.9 Å². The van der Waals surface area contributed by atoms with Crippen LogP contribution in [0.2, 0.25) is 0 Å². The summed E-state index contributed by atoms with van der Waals surface area (Å²) in [5.74, 6) is -0.194. The van der Waals surface area contributed by atoms with Crippen molar-refractivity contribution in [3.8, 4) is 22.8 Å². The Kier molecular flexibility index (Phi) is 6.26. The van der Waals surface area contributed by atoms with E-state index in [2.05, 4.69) is 20.8 Å². The molecule has 4 rings (SSSR count). The molecule has 9 heteroatoms. The topological polar surface area (TPSA) is 122 Å². The number of fused-ring (bicyclic) bond motifs is 1. The summed E-state index contributed by atoms with van der Waals surface area (Å²) in [6, 6.07) is 17.1. The highest BCUT2D eigenvalue weighted by molar-refractivity contribution is 6.08. The van der Waals surface area contributed by atoms with Gasteiger partial charge >= 0.3 is 0 Å². The van der Waals surface area contributed by atoms with Crippen molar-refractivity contribution in [1.29, 1.82) is 0 Å². The number of methoxy groups -OCH3 is 2. The van der Waals surface area contributed by atoms with Crippen molar-refractivity contribution in [2.45, 2.75) is 6.92 Å². The third-order valence-electron chi connectivity index (χ3n) is 5.23. The third-order valence-corrected chi connectivity index (χ3v) is 5.23. The number of aromatic nitrogens is 2. The maximum atomic E-state index is 13.1. The fraction of sp³-hybridized carbons (Fsp3) is 0.120. The van der Waals surface area contributed by atoms with Crippen LogP contribution in [0.25, 0.3) is 22.2 Å². The summed E-state index contributed by atoms with van der Waals surface area (Å²) in [6.45, 7) is 1.70. The molecular formula is C25H22N4O5. The molecule has 2 aromatic heterocycles. The van der Waals surface area contributed by atoms with Crippen molar-refractivity contribution >= 4 is 22.7 Å². The van der Waals surface area contributed by atoms with Crippen LogP contribution in [0.15, 0.2) is 65.5 Å². The van der Waals surface area contributed by atoms with E-state index < -0.39 is 17.4 Å². The van der Waals surface area contributed by atoms with Gasteiger partial charge in [0.25, 0.3) is 17.4 Å². The molecule has 0 radical (unpaired) electrons. The van der Waals surface area contributed by atoms with Crippen LogP contribution >= 0.6 is 0 Å². The van der Waals surface area contributed by atoms with E-state index in [1.165, 1.54) is 13.2 Å². The standard InChI is InChI=1S/C25H22N4O5/c1-14-8-10-17(23(30)26-14)24(31)28-29-25(32)18-13-20(27-19-7-5-4-6-16(18)19)15-9-11-21(33-2)22(12-15)34-3/h4-13H,1-3H3,(H,26,30)(H,28,31)(H,29,32). The Hall–Kier alpha value is -4.66. The zero-order valence-corrected chi connectivity index (χ0v) is 18.8. The third kappa shape index (κ3) is 4.44. The van der Waals surface area contributed by atoms with Crippen molar-refractivity contribution in [3.05, 3.63) is 87.8 Å². The summed E-state index contributed by atoms with van der Waals surface area (Å²) < 4.78 is 10.7. The molecule has 4 aromatic rings. The number of para-hydroxylation sites is 1. The fourth-order valence-corrected chi connectivity index (χ4v) is 3.51. The Morgan fingerprint density at radius 3 is 2.26 bits per heavy atom. The highest BCUT2D eigenvalue weighted by Gasteiger charge is 2.17. The van der Waals surface area contributed by atoms with Gasteiger partial charge in [-0.1, -0.05) is 18.2 Å². The van der Waals surface area contributed by atoms with Crippen LogP contribution in [0.3, 0.4) is 0 Å². The summed E-state index contributed by atoms with van der Waals surface area (Å²) in [5, 5.41) is 0.603. The smallest absolute Gasteiger partial charge is 0.275 e. The van der Waals surface area contributed by atoms with Gasteiger partial charge in [-0.25, -0.2) is 4.98 Å². The number of hydrazine groups is 1. The molecule has 0 unspecified atom stereocenters. The Morgan fingerprint density at radius 2 is 1.56 bits per heavy atom. The number of aromatic amines is 1. The van der Waals surface area contributed by atoms with Crippen LogP contribution in [-0.2, 0) is 0 Å². The maximum Gasteiger partial charge on any atom is 0.275 e. The number of H-pyrrole nitrogens is 1. The molecule has 0 fully saturated rings. The number of nitrogens with zero attached hydrogens (tertiary/aromatic N) is 1. The van der Waals surface area contributed by atoms with Crippen LogP contribution in [0.4, 0.5) is 0 Å². The molecular weight excluding hydrogens is 436 g/mol. The number of carbonyl (C=O) groups excluding carboxylic acids is 2. The van der Waals surface area contributed by atoms with Crippen molar-refractivity contribution in [3.63, 3.8) is 0 Å². The number of carbonyl (C=O) groups is 2. The average molecular weight is 458 g/mol. The van der Waals surface area contributed by atoms with E-state index in [1.54, 1.807) is 56.5 Å². The Bertz CT molecular complexity index is 1460. The van der Waals surface area contributed by atoms with Gasteiger partial charge < -0.3 is 14.5 Å². The zero-order valence-electron chi connectivity index (χ0n) is 18.8. The molecule has 0 bridgehead atoms. The number of benzene rings is 2. The van der Waals surface area contributed by atoms with Crippen LogP contribution in [-0.4, -0.2) is 36.0 Å². The molecule has 0 saturated carbocycles. The molecule has 34 heavy (non-hydrogen) atoms. The Balaban J connectivity index is 1.67. The lowest BCUT2D eigenvalue weighted by molar-refractivity contribution is 0.0846. The van der Waals surface area contributed by atoms with E-state index in [4.69, 9.17) is 9.47 Å². The zero-order chi connectivity index (χ0) is 24.2. The van der Waals surface area contributed by atoms with Crippen LogP contribution in [0, 0.1) is 6.92 Å². The molecule has 2 amide bonds. The van der Waals surface area contributed by atoms with E-state index in [1.807, 2.05) is 12.1 Å². The highest BCUT2D eigenvalue weighted by Crippen LogP contribution is 2.33. The number of hydrogen-bond donors (Lipinski definition) is 3. The summed E-state index contributed by atoms with van der Waals surface area (Å²) >= 11 is 0. The van der Waals surface area contributed by atoms with Gasteiger partial charge in [-0.2, -0.15) is 0 Å². The molecule has 0 saturated heterocycles. The number of pyridine rings is 2. The van der Waals surface area contributed by atoms with Gasteiger partial charge in [-0.3, -0.25) is 25.2 Å². The normalized spacial score (nSPS) is 10.6. The maximum absolute atomic E-state index is 13.1. The quantitative estimate of drug-likeness (QED) is 0.395. The molecule has 0 spiro atoms. The van der Waals surface area contributed by atoms with Gasteiger partial charge in [0.2, 0.25) is 0 Å². The lowest BCUT2D eigenvalue weighted by atomic mass is 10.0. The average Bonchev–Trinajstić information content (AvgIpc) is 2.85. The van der Waals surface area contributed by atoms with E-state index in [0.717, 1.165) is 0 Å². The Morgan fingerprint density at radius 1 is 0.853 bits per heavy atom. The number of amides is 2. The molecule has 0 aliphatic heterocycles. The second kappa shape index (κ2) is 9.45. The molecule has 3 N–H and O–H groups in total.